The van der Waals surface area contributed by atoms with Crippen molar-refractivity contribution in [2.24, 2.45) is 0 Å². The zero-order valence-corrected chi connectivity index (χ0v) is 16.0. The third-order valence-electron chi connectivity index (χ3n) is 5.03. The summed E-state index contributed by atoms with van der Waals surface area (Å²) in [5.74, 6) is -0.671. The van der Waals surface area contributed by atoms with E-state index in [0.29, 0.717) is 52.3 Å². The van der Waals surface area contributed by atoms with Gasteiger partial charge in [-0.2, -0.15) is 0 Å². The van der Waals surface area contributed by atoms with Crippen LogP contribution in [0.4, 0.5) is 15.8 Å². The second kappa shape index (κ2) is 7.11. The predicted octanol–water partition coefficient (Wildman–Crippen LogP) is 3.20. The van der Waals surface area contributed by atoms with Crippen molar-refractivity contribution in [2.45, 2.75) is 6.42 Å². The van der Waals surface area contributed by atoms with Crippen molar-refractivity contribution in [3.8, 4) is 17.1 Å². The number of pyridine rings is 1. The van der Waals surface area contributed by atoms with E-state index in [2.05, 4.69) is 30.6 Å². The Bertz CT molecular complexity index is 1280. The number of methoxy groups -OCH3 is 1. The lowest BCUT2D eigenvalue weighted by Crippen LogP contribution is -2.31. The van der Waals surface area contributed by atoms with Gasteiger partial charge >= 0.3 is 0 Å². The highest BCUT2D eigenvalue weighted by molar-refractivity contribution is 6.07. The van der Waals surface area contributed by atoms with E-state index in [1.807, 2.05) is 6.07 Å². The number of benzene rings is 1. The Kier molecular flexibility index (Phi) is 4.27. The zero-order valence-electron chi connectivity index (χ0n) is 16.0. The number of para-hydroxylation sites is 1. The quantitative estimate of drug-likeness (QED) is 0.483. The smallest absolute Gasteiger partial charge is 0.255 e. The molecule has 1 aliphatic heterocycles. The predicted molar refractivity (Wildman–Crippen MR) is 109 cm³/mol. The van der Waals surface area contributed by atoms with E-state index in [4.69, 9.17) is 4.74 Å². The van der Waals surface area contributed by atoms with E-state index in [9.17, 15) is 9.18 Å². The monoisotopic (exact) mass is 404 g/mol. The molecule has 4 heterocycles. The first-order chi connectivity index (χ1) is 14.7. The summed E-state index contributed by atoms with van der Waals surface area (Å²) in [4.78, 5) is 29.1. The lowest BCUT2D eigenvalue weighted by molar-refractivity contribution is 0.0947. The van der Waals surface area contributed by atoms with Crippen LogP contribution in [0.2, 0.25) is 0 Å². The molecule has 30 heavy (non-hydrogen) atoms. The van der Waals surface area contributed by atoms with Gasteiger partial charge in [-0.1, -0.05) is 6.07 Å². The number of nitrogens with one attached hydrogen (secondary N) is 3. The van der Waals surface area contributed by atoms with Crippen molar-refractivity contribution in [3.63, 3.8) is 0 Å². The molecule has 0 saturated carbocycles. The molecule has 0 aliphatic carbocycles. The molecule has 1 aromatic carbocycles. The molecule has 4 aromatic rings. The average Bonchev–Trinajstić information content (AvgIpc) is 3.13. The van der Waals surface area contributed by atoms with E-state index in [-0.39, 0.29) is 11.7 Å². The fourth-order valence-electron chi connectivity index (χ4n) is 3.71. The number of carbonyl (C=O) groups is 1. The summed E-state index contributed by atoms with van der Waals surface area (Å²) in [6, 6.07) is 8.20. The van der Waals surface area contributed by atoms with Crippen molar-refractivity contribution in [2.75, 3.05) is 19.0 Å². The topological polar surface area (TPSA) is 105 Å². The van der Waals surface area contributed by atoms with Gasteiger partial charge in [0.1, 0.15) is 17.5 Å². The molecule has 0 unspecified atom stereocenters. The molecule has 8 nitrogen and oxygen atoms in total. The molecule has 1 aliphatic rings. The number of anilines is 2. The first kappa shape index (κ1) is 18.0. The zero-order chi connectivity index (χ0) is 20.7. The van der Waals surface area contributed by atoms with E-state index in [0.717, 1.165) is 5.69 Å². The van der Waals surface area contributed by atoms with Crippen LogP contribution in [0, 0.1) is 5.82 Å². The lowest BCUT2D eigenvalue weighted by Gasteiger charge is -2.16. The Labute approximate surface area is 170 Å². The van der Waals surface area contributed by atoms with Gasteiger partial charge in [0.15, 0.2) is 11.6 Å². The number of carbonyl (C=O) groups excluding carboxylic acids is 1. The molecule has 3 aromatic heterocycles. The molecule has 3 N–H and O–H groups in total. The Morgan fingerprint density at radius 2 is 2.07 bits per heavy atom. The summed E-state index contributed by atoms with van der Waals surface area (Å²) in [5.41, 5.74) is 4.50. The van der Waals surface area contributed by atoms with Crippen LogP contribution in [0.15, 0.2) is 42.9 Å². The number of aromatic nitrogens is 4. The first-order valence-electron chi connectivity index (χ1n) is 9.36. The first-order valence-corrected chi connectivity index (χ1v) is 9.36. The molecule has 0 radical (unpaired) electrons. The van der Waals surface area contributed by atoms with E-state index >= 15 is 0 Å². The molecule has 150 valence electrons. The molecule has 1 amide bonds. The second-order valence-electron chi connectivity index (χ2n) is 6.77. The van der Waals surface area contributed by atoms with Crippen molar-refractivity contribution in [1.29, 1.82) is 0 Å². The van der Waals surface area contributed by atoms with Gasteiger partial charge < -0.3 is 20.4 Å². The Hall–Kier alpha value is -4.01. The number of rotatable bonds is 4. The van der Waals surface area contributed by atoms with E-state index < -0.39 is 5.82 Å². The molecular formula is C21H17FN6O2. The molecule has 9 heteroatoms. The summed E-state index contributed by atoms with van der Waals surface area (Å²) >= 11 is 0. The summed E-state index contributed by atoms with van der Waals surface area (Å²) in [6.45, 7) is 0.525. The molecule has 0 fully saturated rings. The minimum absolute atomic E-state index is 0.0558. The number of H-pyrrole nitrogens is 1. The fraction of sp³-hybridized carbons (Fsp3) is 0.143. The fourth-order valence-corrected chi connectivity index (χ4v) is 3.71. The Balaban J connectivity index is 1.75. The molecule has 0 bridgehead atoms. The maximum Gasteiger partial charge on any atom is 0.255 e. The number of hydrogen-bond acceptors (Lipinski definition) is 6. The van der Waals surface area contributed by atoms with E-state index in [1.54, 1.807) is 24.4 Å². The highest BCUT2D eigenvalue weighted by Gasteiger charge is 2.29. The van der Waals surface area contributed by atoms with Crippen LogP contribution in [-0.2, 0) is 6.42 Å². The maximum absolute atomic E-state index is 14.2. The highest BCUT2D eigenvalue weighted by Crippen LogP contribution is 2.40. The van der Waals surface area contributed by atoms with Crippen molar-refractivity contribution in [3.05, 3.63) is 59.9 Å². The molecule has 0 spiro atoms. The van der Waals surface area contributed by atoms with Gasteiger partial charge in [0.25, 0.3) is 5.91 Å². The number of fused-ring (bicyclic) bond motifs is 2. The van der Waals surface area contributed by atoms with Gasteiger partial charge in [0.2, 0.25) is 0 Å². The summed E-state index contributed by atoms with van der Waals surface area (Å²) < 4.78 is 19.5. The molecule has 0 saturated heterocycles. The minimum Gasteiger partial charge on any atom is -0.492 e. The van der Waals surface area contributed by atoms with Gasteiger partial charge in [-0.05, 0) is 24.3 Å². The summed E-state index contributed by atoms with van der Waals surface area (Å²) in [6.07, 6.45) is 3.74. The third-order valence-corrected chi connectivity index (χ3v) is 5.03. The van der Waals surface area contributed by atoms with Gasteiger partial charge in [-0.3, -0.25) is 9.78 Å². The van der Waals surface area contributed by atoms with Crippen LogP contribution in [0.1, 0.15) is 16.1 Å². The maximum atomic E-state index is 14.2. The SMILES string of the molecule is COc1c(F)cccc1Nc1c(-c2ncnc3cccnc23)[nH]c2c1C(=O)NCC2. The number of halogens is 1. The molecular weight excluding hydrogens is 387 g/mol. The van der Waals surface area contributed by atoms with Crippen LogP contribution in [0.25, 0.3) is 22.4 Å². The summed E-state index contributed by atoms with van der Waals surface area (Å²) in [7, 11) is 1.39. The molecule has 5 rings (SSSR count). The van der Waals surface area contributed by atoms with Crippen LogP contribution < -0.4 is 15.4 Å². The van der Waals surface area contributed by atoms with E-state index in [1.165, 1.54) is 19.5 Å². The summed E-state index contributed by atoms with van der Waals surface area (Å²) in [5, 5.41) is 6.04. The Morgan fingerprint density at radius 1 is 1.17 bits per heavy atom. The largest absolute Gasteiger partial charge is 0.492 e. The van der Waals surface area contributed by atoms with Crippen molar-refractivity contribution < 1.29 is 13.9 Å². The highest BCUT2D eigenvalue weighted by atomic mass is 19.1. The van der Waals surface area contributed by atoms with Gasteiger partial charge in [0, 0.05) is 24.9 Å². The number of amides is 1. The van der Waals surface area contributed by atoms with Crippen molar-refractivity contribution >= 4 is 28.3 Å². The minimum atomic E-state index is -0.507. The number of ether oxygens (including phenoxy) is 1. The van der Waals surface area contributed by atoms with Crippen LogP contribution >= 0.6 is 0 Å². The van der Waals surface area contributed by atoms with Gasteiger partial charge in [-0.25, -0.2) is 14.4 Å². The third kappa shape index (κ3) is 2.83. The molecule has 0 atom stereocenters. The standard InChI is InChI=1S/C21H17FN6O2/c1-30-20-11(22)4-2-5-14(20)28-17-15-12(7-9-24-21(15)29)27-19(17)18-16-13(25-10-26-18)6-3-8-23-16/h2-6,8,10,27-28H,7,9H2,1H3,(H,24,29). The number of hydrogen-bond donors (Lipinski definition) is 3. The number of aromatic amines is 1. The van der Waals surface area contributed by atoms with Gasteiger partial charge in [-0.15, -0.1) is 0 Å². The van der Waals surface area contributed by atoms with Crippen LogP contribution in [0.5, 0.6) is 5.75 Å². The van der Waals surface area contributed by atoms with Gasteiger partial charge in [0.05, 0.1) is 35.3 Å². The lowest BCUT2D eigenvalue weighted by atomic mass is 10.1. The normalized spacial score (nSPS) is 13.1. The van der Waals surface area contributed by atoms with Crippen LogP contribution in [0.3, 0.4) is 0 Å². The Morgan fingerprint density at radius 3 is 2.93 bits per heavy atom. The average molecular weight is 404 g/mol. The number of nitrogens with zero attached hydrogens (tertiary/aromatic N) is 3. The second-order valence-corrected chi connectivity index (χ2v) is 6.77. The van der Waals surface area contributed by atoms with Crippen LogP contribution in [-0.4, -0.2) is 39.5 Å². The van der Waals surface area contributed by atoms with Crippen molar-refractivity contribution in [1.82, 2.24) is 25.3 Å².